The molecule has 2 saturated heterocycles. The minimum Gasteiger partial charge on any atom is -0.480 e. The summed E-state index contributed by atoms with van der Waals surface area (Å²) >= 11 is 1.10. The number of rotatable bonds is 5. The Kier molecular flexibility index (Phi) is 4.93. The normalized spacial score (nSPS) is 22.2. The Hall–Kier alpha value is -1.45. The minimum atomic E-state index is -3.46. The molecule has 1 N–H and O–H groups in total. The number of thiophene rings is 1. The summed E-state index contributed by atoms with van der Waals surface area (Å²) < 4.78 is 26.7. The molecule has 1 aromatic rings. The van der Waals surface area contributed by atoms with Crippen molar-refractivity contribution in [2.45, 2.75) is 42.4 Å². The van der Waals surface area contributed by atoms with Gasteiger partial charge in [0.05, 0.1) is 6.42 Å². The molecule has 1 atom stereocenters. The molecule has 3 heterocycles. The highest BCUT2D eigenvalue weighted by atomic mass is 32.2. The molecule has 2 aliphatic rings. The first kappa shape index (κ1) is 17.4. The van der Waals surface area contributed by atoms with E-state index in [1.54, 1.807) is 12.1 Å². The van der Waals surface area contributed by atoms with E-state index in [9.17, 15) is 18.0 Å². The predicted octanol–water partition coefficient (Wildman–Crippen LogP) is 1.15. The van der Waals surface area contributed by atoms with Crippen LogP contribution in [0.2, 0.25) is 0 Å². The van der Waals surface area contributed by atoms with Crippen molar-refractivity contribution in [1.82, 2.24) is 9.21 Å². The van der Waals surface area contributed by atoms with Gasteiger partial charge in [0.2, 0.25) is 5.91 Å². The number of hydrogen-bond acceptors (Lipinski definition) is 5. The van der Waals surface area contributed by atoms with Crippen LogP contribution in [-0.4, -0.2) is 60.3 Å². The standard InChI is InChI=1S/C15H20N2O5S2/c18-13(17-9-3-4-12(17)15(19)20)10-11-5-6-14(23-11)24(21,22)16-7-1-2-8-16/h5-6,12H,1-4,7-10H2,(H,19,20). The number of nitrogens with zero attached hydrogens (tertiary/aromatic N) is 2. The summed E-state index contributed by atoms with van der Waals surface area (Å²) in [6.07, 6.45) is 2.95. The third-order valence-corrected chi connectivity index (χ3v) is 7.93. The third-order valence-electron chi connectivity index (χ3n) is 4.48. The van der Waals surface area contributed by atoms with Crippen LogP contribution in [0.5, 0.6) is 0 Å². The maximum Gasteiger partial charge on any atom is 0.326 e. The largest absolute Gasteiger partial charge is 0.480 e. The number of carboxylic acids is 1. The highest BCUT2D eigenvalue weighted by Crippen LogP contribution is 2.28. The number of amides is 1. The van der Waals surface area contributed by atoms with Gasteiger partial charge in [-0.25, -0.2) is 13.2 Å². The van der Waals surface area contributed by atoms with Crippen molar-refractivity contribution in [3.8, 4) is 0 Å². The molecule has 3 rings (SSSR count). The fraction of sp³-hybridized carbons (Fsp3) is 0.600. The van der Waals surface area contributed by atoms with E-state index in [2.05, 4.69) is 0 Å². The summed E-state index contributed by atoms with van der Waals surface area (Å²) in [4.78, 5) is 25.6. The van der Waals surface area contributed by atoms with Crippen molar-refractivity contribution < 1.29 is 23.1 Å². The quantitative estimate of drug-likeness (QED) is 0.837. The second-order valence-electron chi connectivity index (χ2n) is 6.09. The van der Waals surface area contributed by atoms with Crippen molar-refractivity contribution in [3.63, 3.8) is 0 Å². The van der Waals surface area contributed by atoms with Crippen LogP contribution in [0.1, 0.15) is 30.6 Å². The molecule has 7 nitrogen and oxygen atoms in total. The zero-order valence-corrected chi connectivity index (χ0v) is 14.8. The molecule has 1 aromatic heterocycles. The lowest BCUT2D eigenvalue weighted by atomic mass is 10.2. The Morgan fingerprint density at radius 3 is 2.54 bits per heavy atom. The van der Waals surface area contributed by atoms with Gasteiger partial charge in [0.15, 0.2) is 0 Å². The summed E-state index contributed by atoms with van der Waals surface area (Å²) in [7, 11) is -3.46. The van der Waals surface area contributed by atoms with Crippen molar-refractivity contribution >= 4 is 33.2 Å². The molecule has 1 amide bonds. The number of sulfonamides is 1. The molecule has 2 aliphatic heterocycles. The monoisotopic (exact) mass is 372 g/mol. The lowest BCUT2D eigenvalue weighted by Gasteiger charge is -2.21. The third kappa shape index (κ3) is 3.33. The van der Waals surface area contributed by atoms with Crippen molar-refractivity contribution in [1.29, 1.82) is 0 Å². The van der Waals surface area contributed by atoms with Crippen LogP contribution in [0.25, 0.3) is 0 Å². The SMILES string of the molecule is O=C(O)C1CCCN1C(=O)Cc1ccc(S(=O)(=O)N2CCCC2)s1. The van der Waals surface area contributed by atoms with Crippen LogP contribution in [0.4, 0.5) is 0 Å². The second kappa shape index (κ2) is 6.81. The van der Waals surface area contributed by atoms with E-state index in [1.165, 1.54) is 9.21 Å². The zero-order chi connectivity index (χ0) is 17.3. The molecule has 2 fully saturated rings. The van der Waals surface area contributed by atoms with Crippen LogP contribution in [0.3, 0.4) is 0 Å². The van der Waals surface area contributed by atoms with Crippen LogP contribution < -0.4 is 0 Å². The first-order chi connectivity index (χ1) is 11.4. The molecular formula is C15H20N2O5S2. The van der Waals surface area contributed by atoms with E-state index in [0.717, 1.165) is 24.2 Å². The van der Waals surface area contributed by atoms with Crippen LogP contribution in [0.15, 0.2) is 16.3 Å². The second-order valence-corrected chi connectivity index (χ2v) is 9.43. The number of carbonyl (C=O) groups is 2. The van der Waals surface area contributed by atoms with E-state index in [4.69, 9.17) is 5.11 Å². The topological polar surface area (TPSA) is 95.0 Å². The highest BCUT2D eigenvalue weighted by Gasteiger charge is 2.34. The minimum absolute atomic E-state index is 0.0456. The van der Waals surface area contributed by atoms with Crippen molar-refractivity contribution in [2.75, 3.05) is 19.6 Å². The van der Waals surface area contributed by atoms with Gasteiger partial charge in [0.1, 0.15) is 10.3 Å². The molecule has 132 valence electrons. The summed E-state index contributed by atoms with van der Waals surface area (Å²) in [5, 5.41) is 9.15. The van der Waals surface area contributed by atoms with Gasteiger partial charge in [-0.2, -0.15) is 4.31 Å². The number of aliphatic carboxylic acids is 1. The summed E-state index contributed by atoms with van der Waals surface area (Å²) in [5.74, 6) is -1.24. The first-order valence-corrected chi connectivity index (χ1v) is 10.3. The Morgan fingerprint density at radius 1 is 1.17 bits per heavy atom. The summed E-state index contributed by atoms with van der Waals surface area (Å²) in [5.41, 5.74) is 0. The average Bonchev–Trinajstić information content (AvgIpc) is 3.27. The maximum atomic E-state index is 12.5. The summed E-state index contributed by atoms with van der Waals surface area (Å²) in [6, 6.07) is 2.43. The van der Waals surface area contributed by atoms with E-state index >= 15 is 0 Å². The van der Waals surface area contributed by atoms with Crippen LogP contribution in [-0.2, 0) is 26.0 Å². The van der Waals surface area contributed by atoms with Crippen molar-refractivity contribution in [3.05, 3.63) is 17.0 Å². The molecule has 0 bridgehead atoms. The number of carbonyl (C=O) groups excluding carboxylic acids is 1. The van der Waals surface area contributed by atoms with E-state index < -0.39 is 22.0 Å². The van der Waals surface area contributed by atoms with Gasteiger partial charge in [0.25, 0.3) is 10.0 Å². The maximum absolute atomic E-state index is 12.5. The van der Waals surface area contributed by atoms with Crippen LogP contribution >= 0.6 is 11.3 Å². The van der Waals surface area contributed by atoms with Gasteiger partial charge in [-0.05, 0) is 37.8 Å². The lowest BCUT2D eigenvalue weighted by Crippen LogP contribution is -2.41. The van der Waals surface area contributed by atoms with E-state index in [-0.39, 0.29) is 16.5 Å². The molecule has 9 heteroatoms. The van der Waals surface area contributed by atoms with Gasteiger partial charge in [-0.1, -0.05) is 0 Å². The molecule has 0 spiro atoms. The fourth-order valence-corrected chi connectivity index (χ4v) is 6.24. The number of carboxylic acid groups (broad SMARTS) is 1. The molecule has 24 heavy (non-hydrogen) atoms. The Bertz CT molecular complexity index is 737. The van der Waals surface area contributed by atoms with Gasteiger partial charge in [-0.15, -0.1) is 11.3 Å². The molecule has 1 unspecified atom stereocenters. The molecule has 0 radical (unpaired) electrons. The van der Waals surface area contributed by atoms with Crippen LogP contribution in [0, 0.1) is 0 Å². The zero-order valence-electron chi connectivity index (χ0n) is 13.2. The smallest absolute Gasteiger partial charge is 0.326 e. The Balaban J connectivity index is 1.70. The number of likely N-dealkylation sites (tertiary alicyclic amines) is 1. The Labute approximate surface area is 144 Å². The molecular weight excluding hydrogens is 352 g/mol. The first-order valence-electron chi connectivity index (χ1n) is 8.01. The molecule has 0 aromatic carbocycles. The van der Waals surface area contributed by atoms with E-state index in [0.29, 0.717) is 37.4 Å². The number of hydrogen-bond donors (Lipinski definition) is 1. The van der Waals surface area contributed by atoms with Gasteiger partial charge in [-0.3, -0.25) is 4.79 Å². The average molecular weight is 372 g/mol. The fourth-order valence-electron chi connectivity index (χ4n) is 3.22. The predicted molar refractivity (Wildman–Crippen MR) is 88.4 cm³/mol. The van der Waals surface area contributed by atoms with E-state index in [1.807, 2.05) is 0 Å². The van der Waals surface area contributed by atoms with Crippen molar-refractivity contribution in [2.24, 2.45) is 0 Å². The molecule has 0 saturated carbocycles. The lowest BCUT2D eigenvalue weighted by molar-refractivity contribution is -0.147. The molecule has 0 aliphatic carbocycles. The van der Waals surface area contributed by atoms with Gasteiger partial charge in [0, 0.05) is 24.5 Å². The van der Waals surface area contributed by atoms with Gasteiger partial charge < -0.3 is 10.0 Å². The summed E-state index contributed by atoms with van der Waals surface area (Å²) in [6.45, 7) is 1.53. The van der Waals surface area contributed by atoms with Gasteiger partial charge >= 0.3 is 5.97 Å². The Morgan fingerprint density at radius 2 is 1.88 bits per heavy atom. The highest BCUT2D eigenvalue weighted by molar-refractivity contribution is 7.91.